The number of imidazole rings is 1. The van der Waals surface area contributed by atoms with Crippen LogP contribution in [0.4, 0.5) is 14.5 Å². The van der Waals surface area contributed by atoms with Crippen LogP contribution in [-0.4, -0.2) is 14.2 Å². The van der Waals surface area contributed by atoms with E-state index in [1.165, 1.54) is 6.07 Å². The molecule has 1 heterocycles. The molecule has 4 aromatic rings. The Morgan fingerprint density at radius 3 is 2.54 bits per heavy atom. The molecule has 4 rings (SSSR count). The van der Waals surface area contributed by atoms with Gasteiger partial charge in [-0.3, -0.25) is 4.72 Å². The molecule has 7 heteroatoms. The number of anilines is 1. The lowest BCUT2D eigenvalue weighted by Crippen LogP contribution is -2.06. The van der Waals surface area contributed by atoms with Crippen LogP contribution in [0.3, 0.4) is 0 Å². The Bertz CT molecular complexity index is 1110. The summed E-state index contributed by atoms with van der Waals surface area (Å²) in [4.78, 5) is 8.16. The Hall–Kier alpha value is -3.06. The highest BCUT2D eigenvalue weighted by atomic mass is 32.2. The second kappa shape index (κ2) is 6.68. The zero-order valence-corrected chi connectivity index (χ0v) is 14.2. The Morgan fingerprint density at radius 1 is 0.962 bits per heavy atom. The van der Waals surface area contributed by atoms with Gasteiger partial charge in [-0.2, -0.15) is 0 Å². The monoisotopic (exact) mass is 369 g/mol. The molecule has 0 amide bonds. The van der Waals surface area contributed by atoms with Gasteiger partial charge in [0.15, 0.2) is 0 Å². The summed E-state index contributed by atoms with van der Waals surface area (Å²) >= 11 is 0. The van der Waals surface area contributed by atoms with Gasteiger partial charge >= 0.3 is 0 Å². The van der Waals surface area contributed by atoms with Gasteiger partial charge in [-0.25, -0.2) is 18.0 Å². The van der Waals surface area contributed by atoms with E-state index >= 15 is 0 Å². The molecule has 0 aliphatic heterocycles. The van der Waals surface area contributed by atoms with Crippen LogP contribution in [0.15, 0.2) is 71.6 Å². The minimum atomic E-state index is -1.70. The molecule has 1 aromatic heterocycles. The molecule has 2 N–H and O–H groups in total. The lowest BCUT2D eigenvalue weighted by atomic mass is 10.2. The Morgan fingerprint density at radius 2 is 1.77 bits per heavy atom. The van der Waals surface area contributed by atoms with Crippen LogP contribution < -0.4 is 4.72 Å². The van der Waals surface area contributed by atoms with Gasteiger partial charge in [-0.05, 0) is 30.3 Å². The maximum absolute atomic E-state index is 13.7. The van der Waals surface area contributed by atoms with Crippen LogP contribution in [0, 0.1) is 11.6 Å². The molecule has 0 aliphatic rings. The number of aromatic nitrogens is 2. The lowest BCUT2D eigenvalue weighted by molar-refractivity contribution is 0.586. The summed E-state index contributed by atoms with van der Waals surface area (Å²) < 4.78 is 41.7. The van der Waals surface area contributed by atoms with Crippen molar-refractivity contribution in [1.29, 1.82) is 0 Å². The van der Waals surface area contributed by atoms with Gasteiger partial charge < -0.3 is 4.98 Å². The minimum Gasteiger partial charge on any atom is -0.338 e. The van der Waals surface area contributed by atoms with E-state index in [0.717, 1.165) is 28.7 Å². The number of aromatic amines is 1. The Kier molecular flexibility index (Phi) is 4.22. The summed E-state index contributed by atoms with van der Waals surface area (Å²) in [7, 11) is -1.70. The van der Waals surface area contributed by atoms with E-state index < -0.39 is 22.6 Å². The average Bonchev–Trinajstić information content (AvgIpc) is 3.08. The molecule has 130 valence electrons. The van der Waals surface area contributed by atoms with E-state index in [1.54, 1.807) is 18.2 Å². The Balaban J connectivity index is 1.63. The summed E-state index contributed by atoms with van der Waals surface area (Å²) in [5.41, 5.74) is 2.37. The first-order chi connectivity index (χ1) is 12.6. The van der Waals surface area contributed by atoms with Crippen molar-refractivity contribution in [3.63, 3.8) is 0 Å². The SMILES string of the molecule is O=S(Nc1ccc(F)cc1F)c1ccc2nc(-c3ccccc3)[nH]c2c1. The number of fused-ring (bicyclic) bond motifs is 1. The van der Waals surface area contributed by atoms with Crippen LogP contribution in [-0.2, 0) is 11.0 Å². The third kappa shape index (κ3) is 3.21. The van der Waals surface area contributed by atoms with Crippen molar-refractivity contribution in [3.8, 4) is 11.4 Å². The number of halogens is 2. The number of hydrogen-bond donors (Lipinski definition) is 2. The van der Waals surface area contributed by atoms with E-state index in [-0.39, 0.29) is 5.69 Å². The smallest absolute Gasteiger partial charge is 0.150 e. The fourth-order valence-corrected chi connectivity index (χ4v) is 3.47. The van der Waals surface area contributed by atoms with E-state index in [2.05, 4.69) is 14.7 Å². The normalized spacial score (nSPS) is 12.2. The second-order valence-electron chi connectivity index (χ2n) is 5.63. The van der Waals surface area contributed by atoms with Gasteiger partial charge in [0, 0.05) is 11.6 Å². The zero-order chi connectivity index (χ0) is 18.1. The topological polar surface area (TPSA) is 57.8 Å². The van der Waals surface area contributed by atoms with Crippen molar-refractivity contribution in [2.45, 2.75) is 4.90 Å². The number of hydrogen-bond acceptors (Lipinski definition) is 2. The average molecular weight is 369 g/mol. The molecule has 0 saturated carbocycles. The largest absolute Gasteiger partial charge is 0.338 e. The lowest BCUT2D eigenvalue weighted by Gasteiger charge is -2.07. The van der Waals surface area contributed by atoms with Crippen molar-refractivity contribution in [1.82, 2.24) is 9.97 Å². The third-order valence-corrected chi connectivity index (χ3v) is 4.94. The van der Waals surface area contributed by atoms with Crippen LogP contribution in [0.1, 0.15) is 0 Å². The van der Waals surface area contributed by atoms with E-state index in [9.17, 15) is 13.0 Å². The fourth-order valence-electron chi connectivity index (χ4n) is 2.57. The summed E-state index contributed by atoms with van der Waals surface area (Å²) in [6.07, 6.45) is 0. The van der Waals surface area contributed by atoms with Crippen LogP contribution >= 0.6 is 0 Å². The molecule has 0 saturated heterocycles. The molecule has 4 nitrogen and oxygen atoms in total. The first-order valence-electron chi connectivity index (χ1n) is 7.79. The number of H-pyrrole nitrogens is 1. The highest BCUT2D eigenvalue weighted by Crippen LogP contribution is 2.23. The van der Waals surface area contributed by atoms with Crippen molar-refractivity contribution >= 4 is 27.7 Å². The molecule has 3 aromatic carbocycles. The van der Waals surface area contributed by atoms with E-state index in [1.807, 2.05) is 30.3 Å². The maximum atomic E-state index is 13.7. The van der Waals surface area contributed by atoms with Gasteiger partial charge in [0.05, 0.1) is 21.6 Å². The molecular formula is C19H13F2N3OS. The van der Waals surface area contributed by atoms with Gasteiger partial charge in [-0.15, -0.1) is 0 Å². The van der Waals surface area contributed by atoms with Crippen LogP contribution in [0.25, 0.3) is 22.4 Å². The predicted octanol–water partition coefficient (Wildman–Crippen LogP) is 4.64. The molecular weight excluding hydrogens is 356 g/mol. The van der Waals surface area contributed by atoms with Crippen LogP contribution in [0.2, 0.25) is 0 Å². The molecule has 0 aliphatic carbocycles. The predicted molar refractivity (Wildman–Crippen MR) is 97.9 cm³/mol. The summed E-state index contributed by atoms with van der Waals surface area (Å²) in [6.45, 7) is 0. The van der Waals surface area contributed by atoms with Gasteiger partial charge in [0.1, 0.15) is 28.4 Å². The van der Waals surface area contributed by atoms with Crippen molar-refractivity contribution < 1.29 is 13.0 Å². The minimum absolute atomic E-state index is 0.0283. The Labute approximate surface area is 150 Å². The van der Waals surface area contributed by atoms with Gasteiger partial charge in [0.25, 0.3) is 0 Å². The first-order valence-corrected chi connectivity index (χ1v) is 8.94. The fraction of sp³-hybridized carbons (Fsp3) is 0. The van der Waals surface area contributed by atoms with Crippen LogP contribution in [0.5, 0.6) is 0 Å². The molecule has 0 fully saturated rings. The number of benzene rings is 3. The number of nitrogens with zero attached hydrogens (tertiary/aromatic N) is 1. The molecule has 26 heavy (non-hydrogen) atoms. The highest BCUT2D eigenvalue weighted by Gasteiger charge is 2.11. The molecule has 1 unspecified atom stereocenters. The summed E-state index contributed by atoms with van der Waals surface area (Å²) in [5.74, 6) is -0.778. The third-order valence-electron chi connectivity index (χ3n) is 3.85. The molecule has 0 radical (unpaired) electrons. The summed E-state index contributed by atoms with van der Waals surface area (Å²) in [5, 5.41) is 0. The maximum Gasteiger partial charge on any atom is 0.150 e. The number of rotatable bonds is 4. The van der Waals surface area contributed by atoms with Gasteiger partial charge in [-0.1, -0.05) is 30.3 Å². The number of nitrogens with one attached hydrogen (secondary N) is 2. The van der Waals surface area contributed by atoms with Gasteiger partial charge in [0.2, 0.25) is 0 Å². The van der Waals surface area contributed by atoms with Crippen molar-refractivity contribution in [3.05, 3.63) is 78.4 Å². The van der Waals surface area contributed by atoms with Crippen molar-refractivity contribution in [2.75, 3.05) is 4.72 Å². The standard InChI is InChI=1S/C19H13F2N3OS/c20-13-6-8-16(15(21)10-13)24-26(25)14-7-9-17-18(11-14)23-19(22-17)12-4-2-1-3-5-12/h1-11,24H,(H,22,23). The quantitative estimate of drug-likeness (QED) is 0.550. The second-order valence-corrected chi connectivity index (χ2v) is 6.84. The molecule has 0 bridgehead atoms. The highest BCUT2D eigenvalue weighted by molar-refractivity contribution is 7.86. The zero-order valence-electron chi connectivity index (χ0n) is 13.4. The van der Waals surface area contributed by atoms with E-state index in [4.69, 9.17) is 0 Å². The van der Waals surface area contributed by atoms with E-state index in [0.29, 0.717) is 10.7 Å². The van der Waals surface area contributed by atoms with Crippen molar-refractivity contribution in [2.24, 2.45) is 0 Å². The molecule has 1 atom stereocenters. The summed E-state index contributed by atoms with van der Waals surface area (Å²) in [6, 6.07) is 17.8. The first kappa shape index (κ1) is 16.4. The molecule has 0 spiro atoms.